The predicted molar refractivity (Wildman–Crippen MR) is 173 cm³/mol. The summed E-state index contributed by atoms with van der Waals surface area (Å²) in [5, 5.41) is 17.3. The van der Waals surface area contributed by atoms with E-state index in [9.17, 15) is 9.90 Å². The Hall–Kier alpha value is -1.36. The molecule has 5 heteroatoms. The van der Waals surface area contributed by atoms with Gasteiger partial charge in [0.05, 0.1) is 25.2 Å². The zero-order valence-electron chi connectivity index (χ0n) is 27.8. The third-order valence-electron chi connectivity index (χ3n) is 8.13. The number of aliphatic hydroxyl groups excluding tert-OH is 1. The van der Waals surface area contributed by atoms with Crippen LogP contribution in [0.2, 0.25) is 0 Å². The zero-order chi connectivity index (χ0) is 30.2. The molecule has 0 saturated carbocycles. The van der Waals surface area contributed by atoms with Gasteiger partial charge in [-0.25, -0.2) is 9.13 Å². The first-order chi connectivity index (χ1) is 20.0. The van der Waals surface area contributed by atoms with E-state index in [4.69, 9.17) is 5.11 Å². The van der Waals surface area contributed by atoms with Crippen LogP contribution in [-0.4, -0.2) is 21.7 Å². The van der Waals surface area contributed by atoms with Crippen molar-refractivity contribution in [1.82, 2.24) is 4.57 Å². The fourth-order valence-electron chi connectivity index (χ4n) is 5.33. The van der Waals surface area contributed by atoms with Gasteiger partial charge in [0.25, 0.3) is 0 Å². The molecule has 1 N–H and O–H groups in total. The Bertz CT molecular complexity index is 659. The fraction of sp³-hybridized carbons (Fsp3) is 0.889. The quantitative estimate of drug-likeness (QED) is 0.0761. The monoisotopic (exact) mass is 579 g/mol. The van der Waals surface area contributed by atoms with Crippen LogP contribution in [0.25, 0.3) is 0 Å². The topological polar surface area (TPSA) is 69.2 Å². The lowest BCUT2D eigenvalue weighted by molar-refractivity contribution is -0.696. The minimum Gasteiger partial charge on any atom is -0.547 e. The molecule has 1 heterocycles. The van der Waals surface area contributed by atoms with Gasteiger partial charge in [-0.2, -0.15) is 0 Å². The summed E-state index contributed by atoms with van der Waals surface area (Å²) >= 11 is 0. The van der Waals surface area contributed by atoms with Crippen LogP contribution >= 0.6 is 0 Å². The van der Waals surface area contributed by atoms with E-state index in [2.05, 4.69) is 41.7 Å². The highest BCUT2D eigenvalue weighted by Gasteiger charge is 2.03. The van der Waals surface area contributed by atoms with Gasteiger partial charge in [0, 0.05) is 0 Å². The van der Waals surface area contributed by atoms with Crippen molar-refractivity contribution < 1.29 is 19.6 Å². The molecule has 242 valence electrons. The van der Waals surface area contributed by atoms with Gasteiger partial charge in [-0.1, -0.05) is 155 Å². The number of hydrogen-bond acceptors (Lipinski definition) is 3. The summed E-state index contributed by atoms with van der Waals surface area (Å²) in [5.41, 5.74) is 0. The summed E-state index contributed by atoms with van der Waals surface area (Å²) in [6.07, 6.45) is 42.9. The van der Waals surface area contributed by atoms with E-state index in [1.807, 2.05) is 0 Å². The summed E-state index contributed by atoms with van der Waals surface area (Å²) in [7, 11) is 0. The van der Waals surface area contributed by atoms with E-state index in [1.54, 1.807) is 0 Å². The second kappa shape index (κ2) is 31.6. The SMILES string of the molecule is CC(O)C(=O)[O-].CCCCCCCCCCCCCCCCCCn1cc[n+](CCCCCCCCCCCC)c1. The minimum absolute atomic E-state index is 1.13. The van der Waals surface area contributed by atoms with Crippen molar-refractivity contribution in [1.29, 1.82) is 0 Å². The molecule has 0 bridgehead atoms. The number of aliphatic hydroxyl groups is 1. The molecule has 0 aliphatic carbocycles. The molecule has 1 rings (SSSR count). The molecule has 0 fully saturated rings. The second-order valence-corrected chi connectivity index (χ2v) is 12.4. The van der Waals surface area contributed by atoms with E-state index < -0.39 is 12.1 Å². The van der Waals surface area contributed by atoms with Crippen LogP contribution in [-0.2, 0) is 17.9 Å². The number of rotatable bonds is 29. The van der Waals surface area contributed by atoms with Crippen molar-refractivity contribution >= 4 is 5.97 Å². The van der Waals surface area contributed by atoms with Crippen molar-refractivity contribution in [3.05, 3.63) is 18.7 Å². The number of nitrogens with zero attached hydrogens (tertiary/aromatic N) is 2. The Labute approximate surface area is 255 Å². The maximum Gasteiger partial charge on any atom is 0.243 e. The Morgan fingerprint density at radius 2 is 0.951 bits per heavy atom. The Kier molecular flexibility index (Phi) is 30.5. The molecule has 0 spiro atoms. The van der Waals surface area contributed by atoms with E-state index >= 15 is 0 Å². The highest BCUT2D eigenvalue weighted by atomic mass is 16.4. The first-order valence-corrected chi connectivity index (χ1v) is 17.9. The van der Waals surface area contributed by atoms with Crippen LogP contribution in [0, 0.1) is 0 Å². The molecular formula is C36H70N2O3. The number of carboxylic acid groups (broad SMARTS) is 1. The highest BCUT2D eigenvalue weighted by Crippen LogP contribution is 2.14. The first-order valence-electron chi connectivity index (χ1n) is 17.9. The summed E-state index contributed by atoms with van der Waals surface area (Å²) in [5.74, 6) is -1.44. The predicted octanol–water partition coefficient (Wildman–Crippen LogP) is 9.08. The lowest BCUT2D eigenvalue weighted by Gasteiger charge is -2.03. The molecule has 0 aliphatic heterocycles. The number of carbonyl (C=O) groups is 1. The molecule has 0 radical (unpaired) electrons. The number of imidazole rings is 1. The molecular weight excluding hydrogens is 508 g/mol. The molecule has 0 aliphatic rings. The van der Waals surface area contributed by atoms with Crippen LogP contribution in [0.1, 0.15) is 188 Å². The van der Waals surface area contributed by atoms with Crippen LogP contribution < -0.4 is 9.67 Å². The van der Waals surface area contributed by atoms with Gasteiger partial charge in [-0.15, -0.1) is 0 Å². The van der Waals surface area contributed by atoms with Gasteiger partial charge in [0.15, 0.2) is 0 Å². The molecule has 1 aromatic heterocycles. The van der Waals surface area contributed by atoms with Gasteiger partial charge in [-0.05, 0) is 32.6 Å². The van der Waals surface area contributed by atoms with Crippen LogP contribution in [0.15, 0.2) is 18.7 Å². The second-order valence-electron chi connectivity index (χ2n) is 12.4. The smallest absolute Gasteiger partial charge is 0.243 e. The Morgan fingerprint density at radius 1 is 0.634 bits per heavy atom. The molecule has 1 unspecified atom stereocenters. The van der Waals surface area contributed by atoms with E-state index in [0.717, 1.165) is 6.92 Å². The number of carboxylic acids is 1. The van der Waals surface area contributed by atoms with Gasteiger partial charge >= 0.3 is 0 Å². The summed E-state index contributed by atoms with van der Waals surface area (Å²) in [6.45, 7) is 8.13. The van der Waals surface area contributed by atoms with Gasteiger partial charge in [0.2, 0.25) is 6.33 Å². The van der Waals surface area contributed by atoms with E-state index in [0.29, 0.717) is 0 Å². The molecule has 0 aromatic carbocycles. The number of unbranched alkanes of at least 4 members (excludes halogenated alkanes) is 24. The van der Waals surface area contributed by atoms with Crippen LogP contribution in [0.3, 0.4) is 0 Å². The molecule has 1 aromatic rings. The molecule has 41 heavy (non-hydrogen) atoms. The van der Waals surface area contributed by atoms with Gasteiger partial charge < -0.3 is 15.0 Å². The lowest BCUT2D eigenvalue weighted by Crippen LogP contribution is -2.32. The number of hydrogen-bond donors (Lipinski definition) is 1. The van der Waals surface area contributed by atoms with Crippen molar-refractivity contribution in [2.45, 2.75) is 207 Å². The number of aliphatic carboxylic acids is 1. The Balaban J connectivity index is 0.00000239. The first kappa shape index (κ1) is 39.6. The average molecular weight is 579 g/mol. The normalized spacial score (nSPS) is 11.8. The maximum atomic E-state index is 9.34. The summed E-state index contributed by atoms with van der Waals surface area (Å²) < 4.78 is 4.80. The van der Waals surface area contributed by atoms with Crippen molar-refractivity contribution in [3.63, 3.8) is 0 Å². The molecule has 1 atom stereocenters. The van der Waals surface area contributed by atoms with Crippen LogP contribution in [0.4, 0.5) is 0 Å². The van der Waals surface area contributed by atoms with Crippen molar-refractivity contribution in [2.24, 2.45) is 0 Å². The summed E-state index contributed by atoms with van der Waals surface area (Å²) in [4.78, 5) is 9.34. The van der Waals surface area contributed by atoms with Crippen LogP contribution in [0.5, 0.6) is 0 Å². The van der Waals surface area contributed by atoms with Crippen molar-refractivity contribution in [3.8, 4) is 0 Å². The van der Waals surface area contributed by atoms with Crippen molar-refractivity contribution in [2.75, 3.05) is 0 Å². The number of carbonyl (C=O) groups excluding carboxylic acids is 1. The lowest BCUT2D eigenvalue weighted by atomic mass is 10.0. The fourth-order valence-corrected chi connectivity index (χ4v) is 5.33. The number of aromatic nitrogens is 2. The highest BCUT2D eigenvalue weighted by molar-refractivity contribution is 5.68. The summed E-state index contributed by atoms with van der Waals surface area (Å²) in [6, 6.07) is 0. The van der Waals surface area contributed by atoms with Gasteiger partial charge in [0.1, 0.15) is 12.4 Å². The third-order valence-corrected chi connectivity index (χ3v) is 8.13. The minimum atomic E-state index is -1.44. The largest absolute Gasteiger partial charge is 0.547 e. The maximum absolute atomic E-state index is 9.34. The molecule has 0 amide bonds. The van der Waals surface area contributed by atoms with Gasteiger partial charge in [-0.3, -0.25) is 0 Å². The molecule has 5 nitrogen and oxygen atoms in total. The average Bonchev–Trinajstić information content (AvgIpc) is 3.41. The zero-order valence-corrected chi connectivity index (χ0v) is 27.8. The van der Waals surface area contributed by atoms with E-state index in [-0.39, 0.29) is 0 Å². The Morgan fingerprint density at radius 3 is 1.29 bits per heavy atom. The third kappa shape index (κ3) is 29.9. The van der Waals surface area contributed by atoms with E-state index in [1.165, 1.54) is 180 Å². The number of aryl methyl sites for hydroxylation is 2. The molecule has 0 saturated heterocycles. The standard InChI is InChI=1S/C33H65N2.C3H6O3/c1-3-5-7-9-11-13-15-16-17-18-19-20-22-24-26-28-30-35-32-31-34(33-35)29-27-25-23-21-14-12-10-8-6-4-2;1-2(4)3(5)6/h31-33H,3-30H2,1-2H3;2,4H,1H3,(H,5,6)/q+1;/p-1.